The molecule has 0 aliphatic carbocycles. The van der Waals surface area contributed by atoms with E-state index < -0.39 is 12.1 Å². The number of thiazole rings is 1. The molecule has 0 fully saturated rings. The Hall–Kier alpha value is -2.87. The van der Waals surface area contributed by atoms with Crippen molar-refractivity contribution in [1.82, 2.24) is 9.38 Å². The van der Waals surface area contributed by atoms with E-state index in [0.29, 0.717) is 27.7 Å². The van der Waals surface area contributed by atoms with Gasteiger partial charge in [0.1, 0.15) is 10.6 Å². The third-order valence-corrected chi connectivity index (χ3v) is 5.63. The summed E-state index contributed by atoms with van der Waals surface area (Å²) in [6.07, 6.45) is 1.94. The van der Waals surface area contributed by atoms with Crippen molar-refractivity contribution in [2.75, 3.05) is 11.9 Å². The molecule has 0 spiro atoms. The number of aromatic nitrogens is 2. The standard InChI is InChI=1S/C18H17N3O4S/c1-4-12-15(17(23)24)26-18-19-11(8-21(12)18)10-5-6-14-13(7-10)20(3)16(22)9(2)25-14/h5-9H,4H2,1-3H3,(H,23,24). The van der Waals surface area contributed by atoms with Gasteiger partial charge in [-0.05, 0) is 31.5 Å². The number of anilines is 1. The number of carboxylic acid groups (broad SMARTS) is 1. The first-order valence-electron chi connectivity index (χ1n) is 8.23. The number of rotatable bonds is 3. The van der Waals surface area contributed by atoms with E-state index >= 15 is 0 Å². The minimum absolute atomic E-state index is 0.0974. The molecule has 7 nitrogen and oxygen atoms in total. The number of carbonyl (C=O) groups is 2. The van der Waals surface area contributed by atoms with Gasteiger partial charge in [-0.1, -0.05) is 18.3 Å². The average molecular weight is 371 g/mol. The van der Waals surface area contributed by atoms with Crippen LogP contribution in [0.15, 0.2) is 24.4 Å². The molecular weight excluding hydrogens is 354 g/mol. The molecule has 0 bridgehead atoms. The smallest absolute Gasteiger partial charge is 0.347 e. The molecule has 1 N–H and O–H groups in total. The van der Waals surface area contributed by atoms with Gasteiger partial charge in [0.15, 0.2) is 11.1 Å². The molecule has 1 amide bonds. The van der Waals surface area contributed by atoms with Crippen molar-refractivity contribution >= 4 is 33.9 Å². The molecule has 1 aromatic carbocycles. The second-order valence-corrected chi connectivity index (χ2v) is 7.13. The van der Waals surface area contributed by atoms with Gasteiger partial charge in [0, 0.05) is 24.5 Å². The first-order valence-corrected chi connectivity index (χ1v) is 9.05. The number of aryl methyl sites for hydroxylation is 1. The molecular formula is C18H17N3O4S. The van der Waals surface area contributed by atoms with Gasteiger partial charge >= 0.3 is 5.97 Å². The van der Waals surface area contributed by atoms with Crippen molar-refractivity contribution in [3.63, 3.8) is 0 Å². The summed E-state index contributed by atoms with van der Waals surface area (Å²) in [5.41, 5.74) is 3.00. The second kappa shape index (κ2) is 5.84. The molecule has 1 aliphatic heterocycles. The zero-order valence-corrected chi connectivity index (χ0v) is 15.3. The summed E-state index contributed by atoms with van der Waals surface area (Å²) >= 11 is 1.17. The Kier molecular flexibility index (Phi) is 3.73. The number of likely N-dealkylation sites (N-methyl/N-ethyl adjacent to an activating group) is 1. The van der Waals surface area contributed by atoms with E-state index in [2.05, 4.69) is 4.98 Å². The molecule has 1 unspecified atom stereocenters. The van der Waals surface area contributed by atoms with Gasteiger partial charge < -0.3 is 14.7 Å². The summed E-state index contributed by atoms with van der Waals surface area (Å²) < 4.78 is 7.48. The average Bonchev–Trinajstić information content (AvgIpc) is 3.17. The number of carboxylic acids is 1. The van der Waals surface area contributed by atoms with Gasteiger partial charge in [0.2, 0.25) is 0 Å². The van der Waals surface area contributed by atoms with Crippen molar-refractivity contribution in [3.8, 4) is 17.0 Å². The predicted octanol–water partition coefficient (Wildman–Crippen LogP) is 3.07. The number of fused-ring (bicyclic) bond motifs is 2. The van der Waals surface area contributed by atoms with Crippen molar-refractivity contribution in [2.45, 2.75) is 26.4 Å². The molecule has 134 valence electrons. The van der Waals surface area contributed by atoms with Gasteiger partial charge in [0.25, 0.3) is 5.91 Å². The fourth-order valence-electron chi connectivity index (χ4n) is 3.20. The van der Waals surface area contributed by atoms with Crippen LogP contribution in [0.3, 0.4) is 0 Å². The third kappa shape index (κ3) is 2.37. The number of hydrogen-bond acceptors (Lipinski definition) is 5. The van der Waals surface area contributed by atoms with Gasteiger partial charge in [-0.25, -0.2) is 9.78 Å². The van der Waals surface area contributed by atoms with Crippen molar-refractivity contribution in [3.05, 3.63) is 35.0 Å². The van der Waals surface area contributed by atoms with Crippen LogP contribution in [0.5, 0.6) is 5.75 Å². The zero-order valence-electron chi connectivity index (χ0n) is 14.5. The van der Waals surface area contributed by atoms with Gasteiger partial charge in [-0.15, -0.1) is 0 Å². The van der Waals surface area contributed by atoms with Gasteiger partial charge in [0.05, 0.1) is 11.4 Å². The summed E-state index contributed by atoms with van der Waals surface area (Å²) in [5, 5.41) is 9.33. The Bertz CT molecular complexity index is 1050. The predicted molar refractivity (Wildman–Crippen MR) is 98.3 cm³/mol. The zero-order chi connectivity index (χ0) is 18.6. The van der Waals surface area contributed by atoms with Crippen LogP contribution in [0.2, 0.25) is 0 Å². The Morgan fingerprint density at radius 1 is 1.42 bits per heavy atom. The normalized spacial score (nSPS) is 16.7. The molecule has 4 rings (SSSR count). The summed E-state index contributed by atoms with van der Waals surface area (Å²) in [6, 6.07) is 5.60. The minimum atomic E-state index is -0.931. The van der Waals surface area contributed by atoms with Crippen LogP contribution in [-0.2, 0) is 11.2 Å². The lowest BCUT2D eigenvalue weighted by atomic mass is 10.1. The fourth-order valence-corrected chi connectivity index (χ4v) is 4.23. The number of ether oxygens (including phenoxy) is 1. The highest BCUT2D eigenvalue weighted by Gasteiger charge is 2.29. The van der Waals surface area contributed by atoms with Crippen LogP contribution >= 0.6 is 11.3 Å². The lowest BCUT2D eigenvalue weighted by molar-refractivity contribution is -0.125. The van der Waals surface area contributed by atoms with Crippen LogP contribution in [0.25, 0.3) is 16.2 Å². The Morgan fingerprint density at radius 3 is 2.88 bits per heavy atom. The summed E-state index contributed by atoms with van der Waals surface area (Å²) in [5.74, 6) is -0.370. The van der Waals surface area contributed by atoms with Crippen molar-refractivity contribution < 1.29 is 19.4 Å². The molecule has 0 saturated carbocycles. The summed E-state index contributed by atoms with van der Waals surface area (Å²) in [4.78, 5) is 30.6. The van der Waals surface area contributed by atoms with E-state index in [-0.39, 0.29) is 5.91 Å². The topological polar surface area (TPSA) is 84.1 Å². The molecule has 1 aliphatic rings. The maximum absolute atomic E-state index is 12.1. The lowest BCUT2D eigenvalue weighted by Crippen LogP contribution is -2.41. The van der Waals surface area contributed by atoms with E-state index in [9.17, 15) is 14.7 Å². The first kappa shape index (κ1) is 16.6. The monoisotopic (exact) mass is 371 g/mol. The van der Waals surface area contributed by atoms with Gasteiger partial charge in [-0.2, -0.15) is 0 Å². The number of aromatic carboxylic acids is 1. The van der Waals surface area contributed by atoms with Crippen molar-refractivity contribution in [1.29, 1.82) is 0 Å². The van der Waals surface area contributed by atoms with E-state index in [1.807, 2.05) is 35.7 Å². The Morgan fingerprint density at radius 2 is 2.19 bits per heavy atom. The number of carbonyl (C=O) groups excluding carboxylic acids is 1. The largest absolute Gasteiger partial charge is 0.479 e. The maximum Gasteiger partial charge on any atom is 0.347 e. The summed E-state index contributed by atoms with van der Waals surface area (Å²) in [6.45, 7) is 3.65. The Balaban J connectivity index is 1.80. The molecule has 2 aromatic heterocycles. The van der Waals surface area contributed by atoms with E-state index in [0.717, 1.165) is 17.0 Å². The highest BCUT2D eigenvalue weighted by atomic mass is 32.1. The number of benzene rings is 1. The van der Waals surface area contributed by atoms with Crippen LogP contribution < -0.4 is 9.64 Å². The molecule has 1 atom stereocenters. The molecule has 0 saturated heterocycles. The number of amides is 1. The SMILES string of the molecule is CCc1c(C(=O)O)sc2nc(-c3ccc4c(c3)N(C)C(=O)C(C)O4)cn12. The molecule has 3 aromatic rings. The van der Waals surface area contributed by atoms with Crippen LogP contribution in [-0.4, -0.2) is 39.5 Å². The highest BCUT2D eigenvalue weighted by molar-refractivity contribution is 7.19. The van der Waals surface area contributed by atoms with Crippen LogP contribution in [0.4, 0.5) is 5.69 Å². The van der Waals surface area contributed by atoms with Crippen molar-refractivity contribution in [2.24, 2.45) is 0 Å². The molecule has 26 heavy (non-hydrogen) atoms. The maximum atomic E-state index is 12.1. The number of nitrogens with zero attached hydrogens (tertiary/aromatic N) is 3. The van der Waals surface area contributed by atoms with Crippen LogP contribution in [0, 0.1) is 0 Å². The number of imidazole rings is 1. The highest BCUT2D eigenvalue weighted by Crippen LogP contribution is 2.37. The Labute approximate surface area is 153 Å². The van der Waals surface area contributed by atoms with E-state index in [4.69, 9.17) is 4.74 Å². The number of hydrogen-bond donors (Lipinski definition) is 1. The molecule has 0 radical (unpaired) electrons. The second-order valence-electron chi connectivity index (χ2n) is 6.16. The van der Waals surface area contributed by atoms with Gasteiger partial charge in [-0.3, -0.25) is 9.20 Å². The molecule has 8 heteroatoms. The lowest BCUT2D eigenvalue weighted by Gasteiger charge is -2.30. The fraction of sp³-hybridized carbons (Fsp3) is 0.278. The quantitative estimate of drug-likeness (QED) is 0.765. The van der Waals surface area contributed by atoms with E-state index in [1.165, 1.54) is 11.3 Å². The first-order chi connectivity index (χ1) is 12.4. The minimum Gasteiger partial charge on any atom is -0.479 e. The molecule has 3 heterocycles. The van der Waals surface area contributed by atoms with E-state index in [1.54, 1.807) is 18.9 Å². The summed E-state index contributed by atoms with van der Waals surface area (Å²) in [7, 11) is 1.73. The van der Waals surface area contributed by atoms with Crippen LogP contribution in [0.1, 0.15) is 29.2 Å². The third-order valence-electron chi connectivity index (χ3n) is 4.55.